The van der Waals surface area contributed by atoms with Gasteiger partial charge in [-0.05, 0) is 24.6 Å². The van der Waals surface area contributed by atoms with Gasteiger partial charge >= 0.3 is 17.4 Å². The van der Waals surface area contributed by atoms with Gasteiger partial charge in [-0.15, -0.1) is 0 Å². The predicted molar refractivity (Wildman–Crippen MR) is 74.2 cm³/mol. The molecule has 0 aliphatic rings. The van der Waals surface area contributed by atoms with Crippen LogP contribution >= 0.6 is 15.9 Å². The van der Waals surface area contributed by atoms with Crippen molar-refractivity contribution in [3.8, 4) is 17.5 Å². The monoisotopic (exact) mass is 339 g/mol. The lowest BCUT2D eigenvalue weighted by Gasteiger charge is -2.09. The van der Waals surface area contributed by atoms with Crippen molar-refractivity contribution >= 4 is 21.6 Å². The van der Waals surface area contributed by atoms with Gasteiger partial charge in [-0.25, -0.2) is 0 Å². The summed E-state index contributed by atoms with van der Waals surface area (Å²) in [6.07, 6.45) is 1.15. The Labute approximate surface area is 122 Å². The summed E-state index contributed by atoms with van der Waals surface area (Å²) in [4.78, 5) is 18.0. The summed E-state index contributed by atoms with van der Waals surface area (Å²) in [5.74, 6) is 0.152. The van der Waals surface area contributed by atoms with Gasteiger partial charge in [0.25, 0.3) is 0 Å². The van der Waals surface area contributed by atoms with E-state index < -0.39 is 10.6 Å². The van der Waals surface area contributed by atoms with Gasteiger partial charge in [0.2, 0.25) is 0 Å². The zero-order chi connectivity index (χ0) is 14.7. The molecule has 0 atom stereocenters. The molecule has 7 nitrogen and oxygen atoms in total. The van der Waals surface area contributed by atoms with E-state index in [0.29, 0.717) is 5.75 Å². The van der Waals surface area contributed by atoms with Crippen molar-refractivity contribution in [1.29, 1.82) is 0 Å². The molecule has 2 rings (SSSR count). The predicted octanol–water partition coefficient (Wildman–Crippen LogP) is 3.26. The average Bonchev–Trinajstić information content (AvgIpc) is 2.42. The largest absolute Gasteiger partial charge is 0.476 e. The number of hydrogen-bond acceptors (Lipinski definition) is 6. The van der Waals surface area contributed by atoms with E-state index in [1.165, 1.54) is 7.11 Å². The van der Waals surface area contributed by atoms with Crippen LogP contribution in [0.3, 0.4) is 0 Å². The molecule has 0 spiro atoms. The highest BCUT2D eigenvalue weighted by molar-refractivity contribution is 9.10. The van der Waals surface area contributed by atoms with Crippen molar-refractivity contribution in [2.45, 2.75) is 6.92 Å². The van der Waals surface area contributed by atoms with Gasteiger partial charge in [0.15, 0.2) is 0 Å². The van der Waals surface area contributed by atoms with E-state index in [1.807, 2.05) is 19.1 Å². The third-order valence-corrected chi connectivity index (χ3v) is 2.98. The molecule has 0 fully saturated rings. The van der Waals surface area contributed by atoms with Gasteiger partial charge in [0.1, 0.15) is 12.1 Å². The normalized spacial score (nSPS) is 10.2. The van der Waals surface area contributed by atoms with E-state index in [9.17, 15) is 10.1 Å². The number of nitro groups is 1. The van der Waals surface area contributed by atoms with E-state index in [1.54, 1.807) is 6.07 Å². The Bertz CT molecular complexity index is 663. The molecule has 0 amide bonds. The first kappa shape index (κ1) is 14.2. The second-order valence-electron chi connectivity index (χ2n) is 3.81. The number of ether oxygens (including phenoxy) is 2. The smallest absolute Gasteiger partial charge is 0.392 e. The van der Waals surface area contributed by atoms with Crippen molar-refractivity contribution < 1.29 is 14.4 Å². The van der Waals surface area contributed by atoms with Crippen LogP contribution in [0.4, 0.5) is 5.69 Å². The van der Waals surface area contributed by atoms with Crippen LogP contribution in [0.25, 0.3) is 0 Å². The molecule has 1 aromatic heterocycles. The highest BCUT2D eigenvalue weighted by Gasteiger charge is 2.26. The van der Waals surface area contributed by atoms with E-state index in [2.05, 4.69) is 25.9 Å². The zero-order valence-electron chi connectivity index (χ0n) is 10.7. The number of rotatable bonds is 4. The second kappa shape index (κ2) is 5.83. The van der Waals surface area contributed by atoms with Crippen LogP contribution in [0.5, 0.6) is 17.5 Å². The Morgan fingerprint density at radius 2 is 2.00 bits per heavy atom. The molecule has 1 aromatic carbocycles. The summed E-state index contributed by atoms with van der Waals surface area (Å²) in [6.45, 7) is 1.83. The molecular formula is C12H10BrN3O4. The maximum Gasteiger partial charge on any atom is 0.392 e. The molecule has 0 saturated heterocycles. The fourth-order valence-corrected chi connectivity index (χ4v) is 1.86. The Morgan fingerprint density at radius 3 is 2.65 bits per heavy atom. The van der Waals surface area contributed by atoms with Crippen LogP contribution in [-0.2, 0) is 0 Å². The maximum absolute atomic E-state index is 11.1. The lowest BCUT2D eigenvalue weighted by molar-refractivity contribution is -0.387. The van der Waals surface area contributed by atoms with Gasteiger partial charge in [-0.3, -0.25) is 10.1 Å². The molecule has 1 heterocycles. The molecule has 0 N–H and O–H groups in total. The first-order chi connectivity index (χ1) is 9.52. The number of halogens is 1. The highest BCUT2D eigenvalue weighted by atomic mass is 79.9. The summed E-state index contributed by atoms with van der Waals surface area (Å²) in [5, 5.41) is 11.1. The fraction of sp³-hybridized carbons (Fsp3) is 0.167. The summed E-state index contributed by atoms with van der Waals surface area (Å²) < 4.78 is 11.2. The van der Waals surface area contributed by atoms with Gasteiger partial charge in [0.05, 0.1) is 12.0 Å². The molecule has 104 valence electrons. The van der Waals surface area contributed by atoms with Crippen LogP contribution in [0.15, 0.2) is 29.0 Å². The van der Waals surface area contributed by atoms with Crippen molar-refractivity contribution in [1.82, 2.24) is 9.97 Å². The lowest BCUT2D eigenvalue weighted by Crippen LogP contribution is -2.01. The molecule has 2 aromatic rings. The minimum Gasteiger partial charge on any atom is -0.476 e. The third-order valence-electron chi connectivity index (χ3n) is 2.49. The van der Waals surface area contributed by atoms with Crippen LogP contribution in [0.1, 0.15) is 5.56 Å². The molecule has 0 saturated carbocycles. The maximum atomic E-state index is 11.1. The van der Waals surface area contributed by atoms with E-state index in [4.69, 9.17) is 9.47 Å². The first-order valence-electron chi connectivity index (χ1n) is 5.50. The van der Waals surface area contributed by atoms with Gasteiger partial charge in [0, 0.05) is 4.47 Å². The highest BCUT2D eigenvalue weighted by Crippen LogP contribution is 2.36. The van der Waals surface area contributed by atoms with Crippen molar-refractivity contribution in [3.05, 3.63) is 44.7 Å². The van der Waals surface area contributed by atoms with E-state index >= 15 is 0 Å². The molecule has 0 bridgehead atoms. The molecule has 0 aliphatic carbocycles. The number of methoxy groups -OCH3 is 1. The van der Waals surface area contributed by atoms with Crippen LogP contribution in [0, 0.1) is 17.0 Å². The van der Waals surface area contributed by atoms with Gasteiger partial charge in [-0.1, -0.05) is 22.0 Å². The number of nitrogens with zero attached hydrogens (tertiary/aromatic N) is 3. The van der Waals surface area contributed by atoms with Gasteiger partial charge in [-0.2, -0.15) is 9.97 Å². The summed E-state index contributed by atoms with van der Waals surface area (Å²) in [6, 6.07) is 5.37. The number of hydrogen-bond donors (Lipinski definition) is 0. The van der Waals surface area contributed by atoms with Crippen molar-refractivity contribution in [2.24, 2.45) is 0 Å². The minimum atomic E-state index is -0.637. The number of aromatic nitrogens is 2. The molecule has 20 heavy (non-hydrogen) atoms. The average molecular weight is 340 g/mol. The molecule has 0 unspecified atom stereocenters. The van der Waals surface area contributed by atoms with Crippen molar-refractivity contribution in [3.63, 3.8) is 0 Å². The van der Waals surface area contributed by atoms with E-state index in [0.717, 1.165) is 16.4 Å². The standard InChI is InChI=1S/C12H10BrN3O4/c1-7-3-4-8(13)5-9(7)20-12-10(16(17)18)11(19-2)14-6-15-12/h3-6H,1-2H3. The van der Waals surface area contributed by atoms with Crippen LogP contribution < -0.4 is 9.47 Å². The Kier molecular flexibility index (Phi) is 4.14. The SMILES string of the molecule is COc1ncnc(Oc2cc(Br)ccc2C)c1[N+](=O)[O-]. The Balaban J connectivity index is 2.48. The lowest BCUT2D eigenvalue weighted by atomic mass is 10.2. The minimum absolute atomic E-state index is 0.146. The quantitative estimate of drug-likeness (QED) is 0.627. The number of aryl methyl sites for hydroxylation is 1. The Hall–Kier alpha value is -2.22. The van der Waals surface area contributed by atoms with Crippen LogP contribution in [-0.4, -0.2) is 22.0 Å². The van der Waals surface area contributed by atoms with Crippen LogP contribution in [0.2, 0.25) is 0 Å². The van der Waals surface area contributed by atoms with Gasteiger partial charge < -0.3 is 9.47 Å². The summed E-state index contributed by atoms with van der Waals surface area (Å²) in [5.41, 5.74) is 0.412. The first-order valence-corrected chi connectivity index (χ1v) is 6.29. The molecule has 8 heteroatoms. The van der Waals surface area contributed by atoms with Crippen molar-refractivity contribution in [2.75, 3.05) is 7.11 Å². The third kappa shape index (κ3) is 2.85. The molecule has 0 aliphatic heterocycles. The molecule has 0 radical (unpaired) electrons. The number of benzene rings is 1. The Morgan fingerprint density at radius 1 is 1.30 bits per heavy atom. The summed E-state index contributed by atoms with van der Waals surface area (Å²) >= 11 is 3.31. The topological polar surface area (TPSA) is 87.4 Å². The summed E-state index contributed by atoms with van der Waals surface area (Å²) in [7, 11) is 1.30. The molecular weight excluding hydrogens is 330 g/mol. The fourth-order valence-electron chi connectivity index (χ4n) is 1.52. The van der Waals surface area contributed by atoms with E-state index in [-0.39, 0.29) is 11.8 Å². The second-order valence-corrected chi connectivity index (χ2v) is 4.72. The zero-order valence-corrected chi connectivity index (χ0v) is 12.2.